The van der Waals surface area contributed by atoms with E-state index in [1.54, 1.807) is 30.3 Å². The maximum absolute atomic E-state index is 12.8. The molecule has 33 heavy (non-hydrogen) atoms. The molecule has 1 saturated heterocycles. The van der Waals surface area contributed by atoms with Crippen molar-refractivity contribution in [3.8, 4) is 23.5 Å². The second kappa shape index (κ2) is 9.48. The summed E-state index contributed by atoms with van der Waals surface area (Å²) in [6.45, 7) is 2.49. The number of carbonyl (C=O) groups excluding carboxylic acids is 2. The minimum atomic E-state index is -0.233. The summed E-state index contributed by atoms with van der Waals surface area (Å²) in [5.41, 5.74) is 1.24. The molecule has 10 nitrogen and oxygen atoms in total. The number of anilines is 3. The van der Waals surface area contributed by atoms with Gasteiger partial charge >= 0.3 is 0 Å². The Kier molecular flexibility index (Phi) is 6.31. The summed E-state index contributed by atoms with van der Waals surface area (Å²) in [6, 6.07) is 10.6. The predicted molar refractivity (Wildman–Crippen MR) is 120 cm³/mol. The van der Waals surface area contributed by atoms with Crippen molar-refractivity contribution in [3.63, 3.8) is 0 Å². The lowest BCUT2D eigenvalue weighted by atomic mass is 9.95. The van der Waals surface area contributed by atoms with E-state index >= 15 is 0 Å². The number of hydrogen-bond donors (Lipinski definition) is 2. The molecule has 0 atom stereocenters. The van der Waals surface area contributed by atoms with Crippen LogP contribution in [-0.4, -0.2) is 37.0 Å². The lowest BCUT2D eigenvalue weighted by Crippen LogP contribution is -2.38. The molecule has 1 aliphatic rings. The summed E-state index contributed by atoms with van der Waals surface area (Å²) in [5, 5.41) is 15.1. The third-order valence-electron chi connectivity index (χ3n) is 5.38. The van der Waals surface area contributed by atoms with Gasteiger partial charge in [-0.1, -0.05) is 0 Å². The van der Waals surface area contributed by atoms with Crippen LogP contribution in [0.1, 0.15) is 25.5 Å². The van der Waals surface area contributed by atoms with E-state index < -0.39 is 0 Å². The number of methoxy groups -OCH3 is 1. The molecule has 0 saturated carbocycles. The standard InChI is InChI=1S/C23H23N5O5/c1-14(29)25-17-12-16(5-6-19(17)31-2)26-21(30)15-7-9-28(10-8-15)23-18(13-24)27-22(33-23)20-4-3-11-32-20/h3-6,11-12,15H,7-10H2,1-2H3,(H,25,29)(H,26,30). The van der Waals surface area contributed by atoms with Gasteiger partial charge in [0.25, 0.3) is 5.89 Å². The number of nitrogens with one attached hydrogen (secondary N) is 2. The summed E-state index contributed by atoms with van der Waals surface area (Å²) < 4.78 is 16.3. The zero-order valence-corrected chi connectivity index (χ0v) is 18.3. The van der Waals surface area contributed by atoms with E-state index in [9.17, 15) is 14.9 Å². The van der Waals surface area contributed by atoms with E-state index in [1.165, 1.54) is 20.3 Å². The number of amides is 2. The van der Waals surface area contributed by atoms with Crippen molar-refractivity contribution < 1.29 is 23.2 Å². The van der Waals surface area contributed by atoms with Crippen molar-refractivity contribution in [2.24, 2.45) is 5.92 Å². The van der Waals surface area contributed by atoms with E-state index in [2.05, 4.69) is 21.7 Å². The number of oxazole rings is 1. The molecule has 3 heterocycles. The van der Waals surface area contributed by atoms with Crippen LogP contribution in [0.3, 0.4) is 0 Å². The Balaban J connectivity index is 1.40. The number of rotatable bonds is 6. The molecular formula is C23H23N5O5. The molecule has 2 N–H and O–H groups in total. The first-order valence-electron chi connectivity index (χ1n) is 10.4. The van der Waals surface area contributed by atoms with Gasteiger partial charge < -0.3 is 29.1 Å². The van der Waals surface area contributed by atoms with Crippen molar-refractivity contribution in [2.45, 2.75) is 19.8 Å². The molecule has 0 radical (unpaired) electrons. The average molecular weight is 449 g/mol. The number of nitrogens with zero attached hydrogens (tertiary/aromatic N) is 3. The molecule has 1 aromatic carbocycles. The van der Waals surface area contributed by atoms with Crippen LogP contribution in [0, 0.1) is 17.2 Å². The van der Waals surface area contributed by atoms with Crippen LogP contribution < -0.4 is 20.3 Å². The molecule has 0 bridgehead atoms. The highest BCUT2D eigenvalue weighted by molar-refractivity contribution is 5.95. The highest BCUT2D eigenvalue weighted by Gasteiger charge is 2.29. The largest absolute Gasteiger partial charge is 0.495 e. The van der Waals surface area contributed by atoms with E-state index in [0.717, 1.165) is 0 Å². The van der Waals surface area contributed by atoms with Crippen LogP contribution in [0.4, 0.5) is 17.3 Å². The van der Waals surface area contributed by atoms with Gasteiger partial charge in [-0.3, -0.25) is 9.59 Å². The van der Waals surface area contributed by atoms with Crippen LogP contribution >= 0.6 is 0 Å². The van der Waals surface area contributed by atoms with Gasteiger partial charge in [-0.15, -0.1) is 0 Å². The maximum atomic E-state index is 12.8. The maximum Gasteiger partial charge on any atom is 0.266 e. The normalized spacial score (nSPS) is 13.9. The van der Waals surface area contributed by atoms with Crippen molar-refractivity contribution in [3.05, 3.63) is 42.3 Å². The molecule has 2 amide bonds. The first-order chi connectivity index (χ1) is 16.0. The quantitative estimate of drug-likeness (QED) is 0.583. The summed E-state index contributed by atoms with van der Waals surface area (Å²) in [6.07, 6.45) is 2.68. The van der Waals surface area contributed by atoms with Crippen LogP contribution in [0.2, 0.25) is 0 Å². The van der Waals surface area contributed by atoms with Crippen LogP contribution in [0.25, 0.3) is 11.7 Å². The Morgan fingerprint density at radius 3 is 2.67 bits per heavy atom. The predicted octanol–water partition coefficient (Wildman–Crippen LogP) is 3.63. The Bertz CT molecular complexity index is 1190. The van der Waals surface area contributed by atoms with Crippen molar-refractivity contribution >= 4 is 29.1 Å². The lowest BCUT2D eigenvalue weighted by Gasteiger charge is -2.31. The summed E-state index contributed by atoms with van der Waals surface area (Å²) in [5.74, 6) is 1.05. The fourth-order valence-electron chi connectivity index (χ4n) is 3.77. The number of hydrogen-bond acceptors (Lipinski definition) is 8. The summed E-state index contributed by atoms with van der Waals surface area (Å²) in [4.78, 5) is 30.4. The fourth-order valence-corrected chi connectivity index (χ4v) is 3.77. The van der Waals surface area contributed by atoms with Crippen molar-refractivity contribution in [2.75, 3.05) is 35.7 Å². The first kappa shape index (κ1) is 22.0. The molecule has 3 aromatic rings. The average Bonchev–Trinajstić information content (AvgIpc) is 3.49. The Morgan fingerprint density at radius 2 is 2.03 bits per heavy atom. The van der Waals surface area contributed by atoms with E-state index in [1.807, 2.05) is 4.90 Å². The Labute approximate surface area is 190 Å². The molecule has 1 aliphatic heterocycles. The highest BCUT2D eigenvalue weighted by Crippen LogP contribution is 2.32. The molecule has 10 heteroatoms. The van der Waals surface area contributed by atoms with Gasteiger partial charge in [0.05, 0.1) is 19.1 Å². The fraction of sp³-hybridized carbons (Fsp3) is 0.304. The molecule has 0 aliphatic carbocycles. The molecule has 0 unspecified atom stereocenters. The molecule has 2 aromatic heterocycles. The molecule has 0 spiro atoms. The number of furan rings is 1. The number of aromatic nitrogens is 1. The van der Waals surface area contributed by atoms with Gasteiger partial charge in [0.2, 0.25) is 23.4 Å². The van der Waals surface area contributed by atoms with Gasteiger partial charge in [-0.2, -0.15) is 10.2 Å². The van der Waals surface area contributed by atoms with Crippen LogP contribution in [-0.2, 0) is 9.59 Å². The third-order valence-corrected chi connectivity index (χ3v) is 5.38. The Hall–Kier alpha value is -4.26. The van der Waals surface area contributed by atoms with Gasteiger partial charge in [-0.05, 0) is 43.2 Å². The molecule has 1 fully saturated rings. The minimum absolute atomic E-state index is 0.108. The van der Waals surface area contributed by atoms with Crippen LogP contribution in [0.5, 0.6) is 5.75 Å². The van der Waals surface area contributed by atoms with Gasteiger partial charge in [0, 0.05) is 31.6 Å². The van der Waals surface area contributed by atoms with Crippen LogP contribution in [0.15, 0.2) is 45.4 Å². The van der Waals surface area contributed by atoms with E-state index in [4.69, 9.17) is 13.6 Å². The van der Waals surface area contributed by atoms with Crippen molar-refractivity contribution in [1.29, 1.82) is 5.26 Å². The van der Waals surface area contributed by atoms with E-state index in [-0.39, 0.29) is 29.3 Å². The van der Waals surface area contributed by atoms with Gasteiger partial charge in [0.15, 0.2) is 5.76 Å². The van der Waals surface area contributed by atoms with Gasteiger partial charge in [0.1, 0.15) is 11.8 Å². The monoisotopic (exact) mass is 449 g/mol. The number of nitriles is 1. The topological polar surface area (TPSA) is 134 Å². The number of benzene rings is 1. The van der Waals surface area contributed by atoms with Crippen molar-refractivity contribution in [1.82, 2.24) is 4.98 Å². The first-order valence-corrected chi connectivity index (χ1v) is 10.4. The number of ether oxygens (including phenoxy) is 1. The van der Waals surface area contributed by atoms with Gasteiger partial charge in [-0.25, -0.2) is 0 Å². The minimum Gasteiger partial charge on any atom is -0.495 e. The highest BCUT2D eigenvalue weighted by atomic mass is 16.5. The smallest absolute Gasteiger partial charge is 0.266 e. The molecule has 170 valence electrons. The number of piperidine rings is 1. The summed E-state index contributed by atoms with van der Waals surface area (Å²) >= 11 is 0. The zero-order valence-electron chi connectivity index (χ0n) is 18.3. The molecule has 4 rings (SSSR count). The second-order valence-electron chi connectivity index (χ2n) is 7.61. The Morgan fingerprint density at radius 1 is 1.24 bits per heavy atom. The number of carbonyl (C=O) groups is 2. The SMILES string of the molecule is COc1ccc(NC(=O)C2CCN(c3oc(-c4ccco4)nc3C#N)CC2)cc1NC(C)=O. The zero-order chi connectivity index (χ0) is 23.4. The molecular weight excluding hydrogens is 426 g/mol. The third kappa shape index (κ3) is 4.82. The second-order valence-corrected chi connectivity index (χ2v) is 7.61. The van der Waals surface area contributed by atoms with E-state index in [0.29, 0.717) is 54.7 Å². The summed E-state index contributed by atoms with van der Waals surface area (Å²) in [7, 11) is 1.51. The lowest BCUT2D eigenvalue weighted by molar-refractivity contribution is -0.120.